The van der Waals surface area contributed by atoms with Crippen molar-refractivity contribution in [1.29, 1.82) is 0 Å². The van der Waals surface area contributed by atoms with Gasteiger partial charge in [-0.1, -0.05) is 17.8 Å². The molecular weight excluding hydrogens is 347 g/mol. The van der Waals surface area contributed by atoms with Crippen LogP contribution in [0.2, 0.25) is 0 Å². The van der Waals surface area contributed by atoms with Crippen molar-refractivity contribution < 1.29 is 9.50 Å². The molecule has 0 saturated carbocycles. The van der Waals surface area contributed by atoms with Crippen LogP contribution in [-0.4, -0.2) is 47.6 Å². The van der Waals surface area contributed by atoms with E-state index in [-0.39, 0.29) is 18.4 Å². The number of hydrogen-bond acceptors (Lipinski definition) is 9. The Hall–Kier alpha value is -2.79. The van der Waals surface area contributed by atoms with Crippen molar-refractivity contribution in [2.75, 3.05) is 23.4 Å². The molecule has 0 saturated heterocycles. The van der Waals surface area contributed by atoms with Gasteiger partial charge < -0.3 is 16.2 Å². The van der Waals surface area contributed by atoms with Gasteiger partial charge in [0, 0.05) is 11.4 Å². The number of anilines is 3. The molecule has 0 aliphatic rings. The molecule has 3 aromatic rings. The molecule has 0 aliphatic heterocycles. The molecule has 0 radical (unpaired) electrons. The van der Waals surface area contributed by atoms with E-state index in [1.807, 2.05) is 25.1 Å². The van der Waals surface area contributed by atoms with Crippen LogP contribution in [-0.2, 0) is 0 Å². The van der Waals surface area contributed by atoms with Gasteiger partial charge in [0.1, 0.15) is 0 Å². The summed E-state index contributed by atoms with van der Waals surface area (Å²) >= 11 is 1.34. The largest absolute Gasteiger partial charge is 0.396 e. The number of benzene rings is 1. The average molecular weight is 362 g/mol. The second-order valence-corrected chi connectivity index (χ2v) is 6.06. The second-order valence-electron chi connectivity index (χ2n) is 5.00. The normalized spacial score (nSPS) is 10.8. The van der Waals surface area contributed by atoms with E-state index in [2.05, 4.69) is 30.8 Å². The zero-order valence-electron chi connectivity index (χ0n) is 13.2. The number of aliphatic hydroxyl groups excluding tert-OH is 1. The van der Waals surface area contributed by atoms with Crippen molar-refractivity contribution in [3.8, 4) is 5.69 Å². The highest BCUT2D eigenvalue weighted by molar-refractivity contribution is 7.99. The number of aliphatic hydroxyl groups is 1. The maximum Gasteiger partial charge on any atom is 0.229 e. The third kappa shape index (κ3) is 3.83. The minimum atomic E-state index is -0.672. The number of aromatic nitrogens is 6. The van der Waals surface area contributed by atoms with E-state index in [0.717, 1.165) is 17.4 Å². The molecule has 0 aliphatic carbocycles. The molecule has 0 fully saturated rings. The van der Waals surface area contributed by atoms with Crippen LogP contribution < -0.4 is 11.1 Å². The standard InChI is InChI=1S/C14H15FN8OS/c1-8-2-3-9(18-13-17-7-10(15)12(16)19-13)6-11(8)23-14(20-21-22-23)25-5-4-24/h2-3,6-7,24H,4-5H2,1H3,(H3,16,17,18,19). The molecule has 0 bridgehead atoms. The maximum atomic E-state index is 13.2. The fraction of sp³-hybridized carbons (Fsp3) is 0.214. The van der Waals surface area contributed by atoms with Gasteiger partial charge in [0.15, 0.2) is 11.6 Å². The Morgan fingerprint density at radius 1 is 1.40 bits per heavy atom. The van der Waals surface area contributed by atoms with Gasteiger partial charge in [0.2, 0.25) is 11.1 Å². The molecule has 9 nitrogen and oxygen atoms in total. The highest BCUT2D eigenvalue weighted by atomic mass is 32.2. The van der Waals surface area contributed by atoms with E-state index in [9.17, 15) is 4.39 Å². The SMILES string of the molecule is Cc1ccc(Nc2ncc(F)c(N)n2)cc1-n1nnnc1SCCO. The van der Waals surface area contributed by atoms with Crippen LogP contribution in [0.5, 0.6) is 0 Å². The molecule has 2 heterocycles. The summed E-state index contributed by atoms with van der Waals surface area (Å²) in [5.74, 6) is -0.234. The first-order chi connectivity index (χ1) is 12.1. The van der Waals surface area contributed by atoms with Gasteiger partial charge in [-0.15, -0.1) is 5.10 Å². The summed E-state index contributed by atoms with van der Waals surface area (Å²) in [6.45, 7) is 1.95. The van der Waals surface area contributed by atoms with E-state index in [4.69, 9.17) is 10.8 Å². The Morgan fingerprint density at radius 3 is 3.00 bits per heavy atom. The first-order valence-corrected chi connectivity index (χ1v) is 8.25. The Labute approximate surface area is 146 Å². The predicted octanol–water partition coefficient (Wildman–Crippen LogP) is 1.31. The number of nitrogens with one attached hydrogen (secondary N) is 1. The number of hydrogen-bond donors (Lipinski definition) is 3. The van der Waals surface area contributed by atoms with Crippen molar-refractivity contribution in [2.24, 2.45) is 0 Å². The molecule has 0 atom stereocenters. The van der Waals surface area contributed by atoms with Crippen molar-refractivity contribution in [3.63, 3.8) is 0 Å². The number of nitrogen functional groups attached to an aromatic ring is 1. The van der Waals surface area contributed by atoms with E-state index in [0.29, 0.717) is 16.6 Å². The lowest BCUT2D eigenvalue weighted by Crippen LogP contribution is -2.05. The van der Waals surface area contributed by atoms with Crippen LogP contribution in [0.1, 0.15) is 5.56 Å². The van der Waals surface area contributed by atoms with Gasteiger partial charge in [-0.3, -0.25) is 0 Å². The Balaban J connectivity index is 1.90. The Kier molecular flexibility index (Phi) is 5.05. The summed E-state index contributed by atoms with van der Waals surface area (Å²) in [7, 11) is 0. The molecular formula is C14H15FN8OS. The molecule has 3 rings (SSSR count). The molecule has 0 spiro atoms. The van der Waals surface area contributed by atoms with Crippen LogP contribution in [0.3, 0.4) is 0 Å². The van der Waals surface area contributed by atoms with Crippen LogP contribution in [0.15, 0.2) is 29.6 Å². The zero-order chi connectivity index (χ0) is 17.8. The number of halogens is 1. The summed E-state index contributed by atoms with van der Waals surface area (Å²) in [5.41, 5.74) is 7.82. The molecule has 130 valence electrons. The fourth-order valence-electron chi connectivity index (χ4n) is 2.04. The van der Waals surface area contributed by atoms with E-state index >= 15 is 0 Å². The average Bonchev–Trinajstić information content (AvgIpc) is 3.06. The fourth-order valence-corrected chi connectivity index (χ4v) is 2.67. The highest BCUT2D eigenvalue weighted by Gasteiger charge is 2.12. The lowest BCUT2D eigenvalue weighted by molar-refractivity contribution is 0.322. The lowest BCUT2D eigenvalue weighted by atomic mass is 10.2. The van der Waals surface area contributed by atoms with Crippen molar-refractivity contribution in [3.05, 3.63) is 35.8 Å². The first kappa shape index (κ1) is 17.0. The monoisotopic (exact) mass is 362 g/mol. The van der Waals surface area contributed by atoms with Crippen LogP contribution >= 0.6 is 11.8 Å². The number of nitrogens with zero attached hydrogens (tertiary/aromatic N) is 6. The molecule has 1 aromatic carbocycles. The summed E-state index contributed by atoms with van der Waals surface area (Å²) < 4.78 is 14.7. The first-order valence-electron chi connectivity index (χ1n) is 7.26. The van der Waals surface area contributed by atoms with Crippen LogP contribution in [0, 0.1) is 12.7 Å². The van der Waals surface area contributed by atoms with E-state index in [1.165, 1.54) is 11.8 Å². The molecule has 0 amide bonds. The summed E-state index contributed by atoms with van der Waals surface area (Å²) in [6, 6.07) is 5.52. The molecule has 25 heavy (non-hydrogen) atoms. The summed E-state index contributed by atoms with van der Waals surface area (Å²) in [5, 5.41) is 24.1. The van der Waals surface area contributed by atoms with E-state index in [1.54, 1.807) is 4.68 Å². The molecule has 0 unspecified atom stereocenters. The third-order valence-electron chi connectivity index (χ3n) is 3.23. The lowest BCUT2D eigenvalue weighted by Gasteiger charge is -2.11. The summed E-state index contributed by atoms with van der Waals surface area (Å²) in [6.07, 6.45) is 1.00. The summed E-state index contributed by atoms with van der Waals surface area (Å²) in [4.78, 5) is 7.69. The van der Waals surface area contributed by atoms with Crippen LogP contribution in [0.25, 0.3) is 5.69 Å². The number of rotatable bonds is 6. The number of aryl methyl sites for hydroxylation is 1. The zero-order valence-corrected chi connectivity index (χ0v) is 14.0. The molecule has 11 heteroatoms. The van der Waals surface area contributed by atoms with Gasteiger partial charge in [-0.25, -0.2) is 9.37 Å². The Morgan fingerprint density at radius 2 is 2.24 bits per heavy atom. The number of nitrogens with two attached hydrogens (primary N) is 1. The maximum absolute atomic E-state index is 13.2. The minimum Gasteiger partial charge on any atom is -0.396 e. The van der Waals surface area contributed by atoms with Crippen molar-refractivity contribution in [1.82, 2.24) is 30.2 Å². The van der Waals surface area contributed by atoms with Gasteiger partial charge in [0.25, 0.3) is 0 Å². The Bertz CT molecular complexity index is 887. The van der Waals surface area contributed by atoms with Gasteiger partial charge >= 0.3 is 0 Å². The van der Waals surface area contributed by atoms with Gasteiger partial charge in [-0.2, -0.15) is 9.67 Å². The quantitative estimate of drug-likeness (QED) is 0.556. The van der Waals surface area contributed by atoms with Crippen molar-refractivity contribution >= 4 is 29.2 Å². The number of tetrazole rings is 1. The molecule has 4 N–H and O–H groups in total. The topological polar surface area (TPSA) is 128 Å². The predicted molar refractivity (Wildman–Crippen MR) is 91.4 cm³/mol. The molecule has 2 aromatic heterocycles. The van der Waals surface area contributed by atoms with Gasteiger partial charge in [0.05, 0.1) is 18.5 Å². The third-order valence-corrected chi connectivity index (χ3v) is 4.13. The minimum absolute atomic E-state index is 0.0292. The highest BCUT2D eigenvalue weighted by Crippen LogP contribution is 2.24. The second kappa shape index (κ2) is 7.40. The van der Waals surface area contributed by atoms with E-state index < -0.39 is 5.82 Å². The van der Waals surface area contributed by atoms with Crippen LogP contribution in [0.4, 0.5) is 21.8 Å². The number of thioether (sulfide) groups is 1. The van der Waals surface area contributed by atoms with Gasteiger partial charge in [-0.05, 0) is 35.0 Å². The smallest absolute Gasteiger partial charge is 0.229 e. The van der Waals surface area contributed by atoms with Crippen molar-refractivity contribution in [2.45, 2.75) is 12.1 Å².